The summed E-state index contributed by atoms with van der Waals surface area (Å²) in [6.45, 7) is 4.14. The van der Waals surface area contributed by atoms with Crippen LogP contribution in [0.25, 0.3) is 0 Å². The summed E-state index contributed by atoms with van der Waals surface area (Å²) in [5.41, 5.74) is 2.40. The Kier molecular flexibility index (Phi) is 4.71. The molecule has 2 aromatic rings. The second-order valence-electron chi connectivity index (χ2n) is 6.82. The van der Waals surface area contributed by atoms with E-state index in [0.29, 0.717) is 0 Å². The van der Waals surface area contributed by atoms with Crippen molar-refractivity contribution < 1.29 is 9.13 Å². The molecule has 0 saturated carbocycles. The van der Waals surface area contributed by atoms with Crippen LogP contribution in [0.3, 0.4) is 0 Å². The molecule has 0 aliphatic carbocycles. The number of halogens is 1. The average molecular weight is 358 g/mol. The van der Waals surface area contributed by atoms with Crippen molar-refractivity contribution in [2.24, 2.45) is 0 Å². The Morgan fingerprint density at radius 1 is 1.04 bits per heavy atom. The second-order valence-corrected chi connectivity index (χ2v) is 7.90. The highest BCUT2D eigenvalue weighted by molar-refractivity contribution is 7.99. The number of benzene rings is 2. The number of rotatable bonds is 2. The van der Waals surface area contributed by atoms with Gasteiger partial charge in [0.15, 0.2) is 0 Å². The highest BCUT2D eigenvalue weighted by Gasteiger charge is 2.30. The number of likely N-dealkylation sites (N-methyl/N-ethyl adjacent to an activating group) is 1. The molecule has 0 N–H and O–H groups in total. The van der Waals surface area contributed by atoms with Gasteiger partial charge in [-0.3, -0.25) is 4.90 Å². The molecule has 2 aliphatic heterocycles. The number of methoxy groups -OCH3 is 1. The molecule has 0 amide bonds. The van der Waals surface area contributed by atoms with Gasteiger partial charge in [0.05, 0.1) is 7.11 Å². The maximum atomic E-state index is 14.0. The molecule has 0 radical (unpaired) electrons. The summed E-state index contributed by atoms with van der Waals surface area (Å²) in [4.78, 5) is 7.26. The fourth-order valence-electron chi connectivity index (χ4n) is 3.71. The van der Waals surface area contributed by atoms with E-state index < -0.39 is 0 Å². The molecular weight excluding hydrogens is 335 g/mol. The number of ether oxygens (including phenoxy) is 1. The van der Waals surface area contributed by atoms with Crippen molar-refractivity contribution >= 4 is 11.8 Å². The van der Waals surface area contributed by atoms with Crippen LogP contribution in [-0.2, 0) is 6.42 Å². The average Bonchev–Trinajstić information content (AvgIpc) is 2.78. The van der Waals surface area contributed by atoms with E-state index in [2.05, 4.69) is 29.0 Å². The van der Waals surface area contributed by atoms with Gasteiger partial charge in [-0.15, -0.1) is 0 Å². The summed E-state index contributed by atoms with van der Waals surface area (Å²) < 4.78 is 19.4. The zero-order valence-electron chi connectivity index (χ0n) is 14.7. The van der Waals surface area contributed by atoms with E-state index in [-0.39, 0.29) is 11.9 Å². The first-order valence-electron chi connectivity index (χ1n) is 8.71. The molecule has 4 rings (SSSR count). The predicted molar refractivity (Wildman–Crippen MR) is 99.0 cm³/mol. The van der Waals surface area contributed by atoms with Gasteiger partial charge in [-0.2, -0.15) is 0 Å². The van der Waals surface area contributed by atoms with Crippen LogP contribution < -0.4 is 4.74 Å². The van der Waals surface area contributed by atoms with Crippen molar-refractivity contribution in [2.75, 3.05) is 40.3 Å². The summed E-state index contributed by atoms with van der Waals surface area (Å²) in [7, 11) is 3.86. The Labute approximate surface area is 152 Å². The normalized spacial score (nSPS) is 21.3. The Morgan fingerprint density at radius 2 is 1.80 bits per heavy atom. The topological polar surface area (TPSA) is 15.7 Å². The fourth-order valence-corrected chi connectivity index (χ4v) is 4.81. The number of piperazine rings is 1. The SMILES string of the molecule is COc1ccc2c(c1)CC(N1CCN(C)CC1)c1cc(F)ccc1S2. The standard InChI is InChI=1S/C20H23FN2OS/c1-22-7-9-23(10-8-22)18-12-14-11-16(24-2)4-6-19(14)25-20-5-3-15(21)13-17(18)20/h3-6,11,13,18H,7-10,12H2,1-2H3. The van der Waals surface area contributed by atoms with Crippen molar-refractivity contribution in [1.29, 1.82) is 0 Å². The van der Waals surface area contributed by atoms with Crippen molar-refractivity contribution in [3.05, 3.63) is 53.3 Å². The number of fused-ring (bicyclic) bond motifs is 2. The molecule has 2 aromatic carbocycles. The molecule has 3 nitrogen and oxygen atoms in total. The monoisotopic (exact) mass is 358 g/mol. The molecule has 1 unspecified atom stereocenters. The summed E-state index contributed by atoms with van der Waals surface area (Å²) >= 11 is 1.74. The Hall–Kier alpha value is -1.56. The maximum absolute atomic E-state index is 14.0. The van der Waals surface area contributed by atoms with Crippen LogP contribution in [0.2, 0.25) is 0 Å². The van der Waals surface area contributed by atoms with E-state index >= 15 is 0 Å². The van der Waals surface area contributed by atoms with E-state index in [0.717, 1.165) is 48.8 Å². The van der Waals surface area contributed by atoms with Crippen LogP contribution in [-0.4, -0.2) is 50.1 Å². The molecular formula is C20H23FN2OS. The van der Waals surface area contributed by atoms with Gasteiger partial charge in [0, 0.05) is 42.0 Å². The van der Waals surface area contributed by atoms with E-state index in [1.807, 2.05) is 12.1 Å². The number of hydrogen-bond acceptors (Lipinski definition) is 4. The first kappa shape index (κ1) is 16.9. The summed E-state index contributed by atoms with van der Waals surface area (Å²) in [6.07, 6.45) is 0.889. The third-order valence-corrected chi connectivity index (χ3v) is 6.42. The smallest absolute Gasteiger partial charge is 0.123 e. The third kappa shape index (κ3) is 3.41. The van der Waals surface area contributed by atoms with E-state index in [9.17, 15) is 4.39 Å². The zero-order valence-corrected chi connectivity index (χ0v) is 15.5. The molecule has 0 spiro atoms. The van der Waals surface area contributed by atoms with Crippen molar-refractivity contribution in [1.82, 2.24) is 9.80 Å². The molecule has 1 atom stereocenters. The highest BCUT2D eigenvalue weighted by atomic mass is 32.2. The van der Waals surface area contributed by atoms with E-state index in [1.165, 1.54) is 10.5 Å². The molecule has 1 saturated heterocycles. The number of nitrogens with zero attached hydrogens (tertiary/aromatic N) is 2. The molecule has 2 heterocycles. The third-order valence-electron chi connectivity index (χ3n) is 5.21. The summed E-state index contributed by atoms with van der Waals surface area (Å²) in [5, 5.41) is 0. The quantitative estimate of drug-likeness (QED) is 0.810. The van der Waals surface area contributed by atoms with Gasteiger partial charge < -0.3 is 9.64 Å². The lowest BCUT2D eigenvalue weighted by molar-refractivity contribution is 0.109. The first-order valence-corrected chi connectivity index (χ1v) is 9.52. The molecule has 25 heavy (non-hydrogen) atoms. The minimum Gasteiger partial charge on any atom is -0.497 e. The summed E-state index contributed by atoms with van der Waals surface area (Å²) in [5.74, 6) is 0.732. The lowest BCUT2D eigenvalue weighted by Crippen LogP contribution is -2.46. The van der Waals surface area contributed by atoms with E-state index in [1.54, 1.807) is 31.0 Å². The second kappa shape index (κ2) is 6.98. The van der Waals surface area contributed by atoms with Gasteiger partial charge in [-0.25, -0.2) is 4.39 Å². The molecule has 1 fully saturated rings. The molecule has 5 heteroatoms. The fraction of sp³-hybridized carbons (Fsp3) is 0.400. The number of hydrogen-bond donors (Lipinski definition) is 0. The van der Waals surface area contributed by atoms with Gasteiger partial charge in [-0.05, 0) is 61.0 Å². The zero-order chi connectivity index (χ0) is 17.4. The Bertz CT molecular complexity index is 774. The maximum Gasteiger partial charge on any atom is 0.123 e. The van der Waals surface area contributed by atoms with Crippen molar-refractivity contribution in [3.8, 4) is 5.75 Å². The van der Waals surface area contributed by atoms with E-state index in [4.69, 9.17) is 4.74 Å². The predicted octanol–water partition coefficient (Wildman–Crippen LogP) is 3.83. The molecule has 132 valence electrons. The largest absolute Gasteiger partial charge is 0.497 e. The molecule has 2 aliphatic rings. The summed E-state index contributed by atoms with van der Waals surface area (Å²) in [6, 6.07) is 11.7. The van der Waals surface area contributed by atoms with Crippen molar-refractivity contribution in [2.45, 2.75) is 22.3 Å². The van der Waals surface area contributed by atoms with Crippen LogP contribution in [0, 0.1) is 5.82 Å². The van der Waals surface area contributed by atoms with Crippen LogP contribution in [0.4, 0.5) is 4.39 Å². The van der Waals surface area contributed by atoms with Gasteiger partial charge in [0.1, 0.15) is 11.6 Å². The highest BCUT2D eigenvalue weighted by Crippen LogP contribution is 2.44. The van der Waals surface area contributed by atoms with Gasteiger partial charge >= 0.3 is 0 Å². The lowest BCUT2D eigenvalue weighted by atomic mass is 9.96. The van der Waals surface area contributed by atoms with Gasteiger partial charge in [0.2, 0.25) is 0 Å². The van der Waals surface area contributed by atoms with Crippen LogP contribution in [0.1, 0.15) is 17.2 Å². The first-order chi connectivity index (χ1) is 12.1. The Balaban J connectivity index is 1.76. The van der Waals surface area contributed by atoms with Gasteiger partial charge in [0.25, 0.3) is 0 Å². The van der Waals surface area contributed by atoms with Crippen LogP contribution in [0.5, 0.6) is 5.75 Å². The van der Waals surface area contributed by atoms with Gasteiger partial charge in [-0.1, -0.05) is 11.8 Å². The molecule has 0 bridgehead atoms. The Morgan fingerprint density at radius 3 is 2.56 bits per heavy atom. The van der Waals surface area contributed by atoms with Crippen LogP contribution >= 0.6 is 11.8 Å². The minimum absolute atomic E-state index is 0.151. The van der Waals surface area contributed by atoms with Crippen LogP contribution in [0.15, 0.2) is 46.2 Å². The lowest BCUT2D eigenvalue weighted by Gasteiger charge is -2.38. The van der Waals surface area contributed by atoms with Crippen molar-refractivity contribution in [3.63, 3.8) is 0 Å². The minimum atomic E-state index is -0.151. The molecule has 0 aromatic heterocycles.